The molecule has 0 amide bonds. The lowest BCUT2D eigenvalue weighted by Crippen LogP contribution is -2.07. The third-order valence-corrected chi connectivity index (χ3v) is 3.60. The van der Waals surface area contributed by atoms with Gasteiger partial charge in [0.05, 0.1) is 0 Å². The van der Waals surface area contributed by atoms with Gasteiger partial charge in [0.25, 0.3) is 0 Å². The van der Waals surface area contributed by atoms with Crippen molar-refractivity contribution in [1.29, 1.82) is 0 Å². The van der Waals surface area contributed by atoms with Gasteiger partial charge in [-0.1, -0.05) is 42.5 Å². The number of hydrogen-bond acceptors (Lipinski definition) is 4. The van der Waals surface area contributed by atoms with E-state index in [0.717, 1.165) is 17.2 Å². The fraction of sp³-hybridized carbons (Fsp3) is 0.158. The Hall–Kier alpha value is -2.88. The van der Waals surface area contributed by atoms with E-state index in [4.69, 9.17) is 0 Å². The van der Waals surface area contributed by atoms with Gasteiger partial charge in [0.1, 0.15) is 5.82 Å². The first-order valence-corrected chi connectivity index (χ1v) is 7.67. The first kappa shape index (κ1) is 15.0. The molecule has 0 bridgehead atoms. The second-order valence-electron chi connectivity index (χ2n) is 5.49. The predicted octanol–water partition coefficient (Wildman–Crippen LogP) is 4.45. The molecule has 0 radical (unpaired) electrons. The minimum Gasteiger partial charge on any atom is -0.350 e. The van der Waals surface area contributed by atoms with Crippen LogP contribution in [0.5, 0.6) is 0 Å². The van der Waals surface area contributed by atoms with E-state index in [-0.39, 0.29) is 0 Å². The van der Waals surface area contributed by atoms with Gasteiger partial charge in [0.15, 0.2) is 0 Å². The third kappa shape index (κ3) is 4.07. The Bertz CT molecular complexity index is 784. The highest BCUT2D eigenvalue weighted by atomic mass is 15.1. The van der Waals surface area contributed by atoms with E-state index in [2.05, 4.69) is 39.7 Å². The summed E-state index contributed by atoms with van der Waals surface area (Å²) in [6.07, 6.45) is 0. The molecule has 2 aromatic carbocycles. The summed E-state index contributed by atoms with van der Waals surface area (Å²) in [4.78, 5) is 9.00. The topological polar surface area (TPSA) is 49.8 Å². The number of aryl methyl sites for hydroxylation is 2. The van der Waals surface area contributed by atoms with Crippen LogP contribution in [0.15, 0.2) is 60.7 Å². The second-order valence-corrected chi connectivity index (χ2v) is 5.49. The van der Waals surface area contributed by atoms with Crippen molar-refractivity contribution < 1.29 is 0 Å². The molecule has 0 saturated carbocycles. The molecular weight excluding hydrogens is 284 g/mol. The van der Waals surface area contributed by atoms with Gasteiger partial charge in [0.2, 0.25) is 5.95 Å². The summed E-state index contributed by atoms with van der Waals surface area (Å²) in [5.74, 6) is 1.42. The Labute approximate surface area is 136 Å². The molecule has 0 saturated heterocycles. The summed E-state index contributed by atoms with van der Waals surface area (Å²) in [6.45, 7) is 4.79. The molecule has 0 spiro atoms. The van der Waals surface area contributed by atoms with E-state index in [1.54, 1.807) is 0 Å². The average molecular weight is 304 g/mol. The summed E-state index contributed by atoms with van der Waals surface area (Å²) < 4.78 is 0. The molecule has 0 atom stereocenters. The molecule has 116 valence electrons. The number of aromatic nitrogens is 2. The number of nitrogens with one attached hydrogen (secondary N) is 2. The molecule has 0 aliphatic heterocycles. The quantitative estimate of drug-likeness (QED) is 0.731. The number of rotatable bonds is 5. The standard InChI is InChI=1S/C19H20N4/c1-14-8-6-7-9-16(14)13-20-19-21-15(2)12-18(23-19)22-17-10-4-3-5-11-17/h3-12H,13H2,1-2H3,(H2,20,21,22,23). The van der Waals surface area contributed by atoms with Crippen molar-refractivity contribution in [2.24, 2.45) is 0 Å². The maximum atomic E-state index is 4.54. The summed E-state index contributed by atoms with van der Waals surface area (Å²) in [6, 6.07) is 20.2. The zero-order chi connectivity index (χ0) is 16.1. The van der Waals surface area contributed by atoms with Gasteiger partial charge in [-0.15, -0.1) is 0 Å². The lowest BCUT2D eigenvalue weighted by atomic mass is 10.1. The Morgan fingerprint density at radius 3 is 2.39 bits per heavy atom. The summed E-state index contributed by atoms with van der Waals surface area (Å²) in [7, 11) is 0. The molecule has 4 heteroatoms. The molecular formula is C19H20N4. The fourth-order valence-electron chi connectivity index (χ4n) is 2.36. The van der Waals surface area contributed by atoms with Crippen molar-refractivity contribution >= 4 is 17.5 Å². The minimum atomic E-state index is 0.631. The summed E-state index contributed by atoms with van der Waals surface area (Å²) >= 11 is 0. The van der Waals surface area contributed by atoms with Crippen LogP contribution in [0.25, 0.3) is 0 Å². The third-order valence-electron chi connectivity index (χ3n) is 3.60. The first-order valence-electron chi connectivity index (χ1n) is 7.67. The van der Waals surface area contributed by atoms with Crippen LogP contribution < -0.4 is 10.6 Å². The largest absolute Gasteiger partial charge is 0.350 e. The SMILES string of the molecule is Cc1cc(Nc2ccccc2)nc(NCc2ccccc2C)n1. The van der Waals surface area contributed by atoms with Crippen LogP contribution in [0.3, 0.4) is 0 Å². The second kappa shape index (κ2) is 6.92. The molecule has 3 rings (SSSR count). The summed E-state index contributed by atoms with van der Waals surface area (Å²) in [5.41, 5.74) is 4.44. The summed E-state index contributed by atoms with van der Waals surface area (Å²) in [5, 5.41) is 6.61. The van der Waals surface area contributed by atoms with E-state index in [1.807, 2.05) is 55.5 Å². The van der Waals surface area contributed by atoms with Crippen molar-refractivity contribution in [3.05, 3.63) is 77.5 Å². The van der Waals surface area contributed by atoms with Crippen LogP contribution in [0.4, 0.5) is 17.5 Å². The number of nitrogens with zero attached hydrogens (tertiary/aromatic N) is 2. The van der Waals surface area contributed by atoms with Gasteiger partial charge in [-0.05, 0) is 37.1 Å². The van der Waals surface area contributed by atoms with Gasteiger partial charge in [0, 0.05) is 24.0 Å². The Morgan fingerprint density at radius 1 is 0.870 bits per heavy atom. The minimum absolute atomic E-state index is 0.631. The number of hydrogen-bond donors (Lipinski definition) is 2. The van der Waals surface area contributed by atoms with Gasteiger partial charge in [-0.3, -0.25) is 0 Å². The van der Waals surface area contributed by atoms with Gasteiger partial charge in [-0.2, -0.15) is 4.98 Å². The molecule has 4 nitrogen and oxygen atoms in total. The van der Waals surface area contributed by atoms with Crippen LogP contribution in [0.1, 0.15) is 16.8 Å². The highest BCUT2D eigenvalue weighted by Crippen LogP contribution is 2.17. The van der Waals surface area contributed by atoms with E-state index < -0.39 is 0 Å². The molecule has 1 heterocycles. The van der Waals surface area contributed by atoms with Crippen LogP contribution in [-0.2, 0) is 6.54 Å². The van der Waals surface area contributed by atoms with E-state index in [9.17, 15) is 0 Å². The van der Waals surface area contributed by atoms with Gasteiger partial charge in [-0.25, -0.2) is 4.98 Å². The maximum Gasteiger partial charge on any atom is 0.225 e. The van der Waals surface area contributed by atoms with Crippen LogP contribution in [0.2, 0.25) is 0 Å². The highest BCUT2D eigenvalue weighted by molar-refractivity contribution is 5.57. The predicted molar refractivity (Wildman–Crippen MR) is 95.0 cm³/mol. The molecule has 1 aromatic heterocycles. The molecule has 2 N–H and O–H groups in total. The van der Waals surface area contributed by atoms with Crippen molar-refractivity contribution in [2.45, 2.75) is 20.4 Å². The van der Waals surface area contributed by atoms with Crippen molar-refractivity contribution in [3.63, 3.8) is 0 Å². The van der Waals surface area contributed by atoms with Crippen LogP contribution in [0, 0.1) is 13.8 Å². The Kier molecular flexibility index (Phi) is 4.52. The normalized spacial score (nSPS) is 10.3. The van der Waals surface area contributed by atoms with Crippen molar-refractivity contribution in [2.75, 3.05) is 10.6 Å². The lowest BCUT2D eigenvalue weighted by Gasteiger charge is -2.11. The molecule has 0 aliphatic rings. The number of para-hydroxylation sites is 1. The van der Waals surface area contributed by atoms with Gasteiger partial charge < -0.3 is 10.6 Å². The first-order chi connectivity index (χ1) is 11.2. The van der Waals surface area contributed by atoms with E-state index >= 15 is 0 Å². The molecule has 0 fully saturated rings. The van der Waals surface area contributed by atoms with Crippen molar-refractivity contribution in [1.82, 2.24) is 9.97 Å². The van der Waals surface area contributed by atoms with Gasteiger partial charge >= 0.3 is 0 Å². The lowest BCUT2D eigenvalue weighted by molar-refractivity contribution is 1.02. The monoisotopic (exact) mass is 304 g/mol. The number of anilines is 3. The maximum absolute atomic E-state index is 4.54. The zero-order valence-electron chi connectivity index (χ0n) is 13.4. The Morgan fingerprint density at radius 2 is 1.61 bits per heavy atom. The van der Waals surface area contributed by atoms with E-state index in [0.29, 0.717) is 12.5 Å². The van der Waals surface area contributed by atoms with Crippen LogP contribution in [-0.4, -0.2) is 9.97 Å². The zero-order valence-corrected chi connectivity index (χ0v) is 13.4. The van der Waals surface area contributed by atoms with E-state index in [1.165, 1.54) is 11.1 Å². The molecule has 3 aromatic rings. The smallest absolute Gasteiger partial charge is 0.225 e. The molecule has 0 aliphatic carbocycles. The molecule has 23 heavy (non-hydrogen) atoms. The molecule has 0 unspecified atom stereocenters. The Balaban J connectivity index is 1.74. The number of benzene rings is 2. The highest BCUT2D eigenvalue weighted by Gasteiger charge is 2.04. The fourth-order valence-corrected chi connectivity index (χ4v) is 2.36. The van der Waals surface area contributed by atoms with Crippen LogP contribution >= 0.6 is 0 Å². The van der Waals surface area contributed by atoms with Crippen molar-refractivity contribution in [3.8, 4) is 0 Å². The average Bonchev–Trinajstić information content (AvgIpc) is 2.54.